The molecule has 0 aromatic heterocycles. The Balaban J connectivity index is 1.85. The van der Waals surface area contributed by atoms with Gasteiger partial charge in [-0.15, -0.1) is 0 Å². The van der Waals surface area contributed by atoms with Gasteiger partial charge in [0, 0.05) is 17.0 Å². The van der Waals surface area contributed by atoms with Crippen molar-refractivity contribution in [1.29, 1.82) is 0 Å². The second-order valence-corrected chi connectivity index (χ2v) is 6.46. The molecule has 2 unspecified atom stereocenters. The standard InChI is InChI=1S/C15H21N/c1-14(2,3)16-13-10-15(13)9-8-11-6-4-5-7-12(11)15/h4-7,13,16H,8-10H2,1-3H3. The van der Waals surface area contributed by atoms with Gasteiger partial charge in [0.2, 0.25) is 0 Å². The minimum absolute atomic E-state index is 0.242. The molecule has 3 rings (SSSR count). The van der Waals surface area contributed by atoms with E-state index in [1.807, 2.05) is 0 Å². The lowest BCUT2D eigenvalue weighted by Crippen LogP contribution is -2.40. The zero-order valence-electron chi connectivity index (χ0n) is 10.5. The Morgan fingerprint density at radius 3 is 2.75 bits per heavy atom. The highest BCUT2D eigenvalue weighted by Crippen LogP contribution is 2.57. The first-order valence-electron chi connectivity index (χ1n) is 6.37. The van der Waals surface area contributed by atoms with Crippen LogP contribution in [0.15, 0.2) is 24.3 Å². The lowest BCUT2D eigenvalue weighted by atomic mass is 9.96. The summed E-state index contributed by atoms with van der Waals surface area (Å²) in [4.78, 5) is 0. The number of fused-ring (bicyclic) bond motifs is 2. The van der Waals surface area contributed by atoms with Gasteiger partial charge >= 0.3 is 0 Å². The van der Waals surface area contributed by atoms with Gasteiger partial charge in [0.1, 0.15) is 0 Å². The van der Waals surface area contributed by atoms with E-state index in [1.54, 1.807) is 11.1 Å². The molecule has 86 valence electrons. The molecule has 0 amide bonds. The summed E-state index contributed by atoms with van der Waals surface area (Å²) in [5.74, 6) is 0. The van der Waals surface area contributed by atoms with E-state index in [1.165, 1.54) is 19.3 Å². The maximum Gasteiger partial charge on any atom is 0.0179 e. The van der Waals surface area contributed by atoms with Gasteiger partial charge < -0.3 is 5.32 Å². The molecular formula is C15H21N. The Morgan fingerprint density at radius 1 is 1.25 bits per heavy atom. The van der Waals surface area contributed by atoms with E-state index in [4.69, 9.17) is 0 Å². The Labute approximate surface area is 98.3 Å². The first-order valence-corrected chi connectivity index (χ1v) is 6.37. The van der Waals surface area contributed by atoms with Crippen LogP contribution in [0.3, 0.4) is 0 Å². The number of nitrogens with one attached hydrogen (secondary N) is 1. The highest BCUT2D eigenvalue weighted by molar-refractivity contribution is 5.46. The van der Waals surface area contributed by atoms with Gasteiger partial charge in [0.25, 0.3) is 0 Å². The van der Waals surface area contributed by atoms with Gasteiger partial charge in [0.15, 0.2) is 0 Å². The van der Waals surface area contributed by atoms with Crippen molar-refractivity contribution >= 4 is 0 Å². The molecule has 1 aromatic carbocycles. The van der Waals surface area contributed by atoms with Crippen molar-refractivity contribution in [3.05, 3.63) is 35.4 Å². The summed E-state index contributed by atoms with van der Waals surface area (Å²) in [5, 5.41) is 3.77. The van der Waals surface area contributed by atoms with E-state index >= 15 is 0 Å². The Kier molecular flexibility index (Phi) is 2.00. The molecule has 1 nitrogen and oxygen atoms in total. The van der Waals surface area contributed by atoms with Crippen molar-refractivity contribution in [3.63, 3.8) is 0 Å². The molecule has 1 spiro atoms. The van der Waals surface area contributed by atoms with E-state index in [0.29, 0.717) is 11.5 Å². The summed E-state index contributed by atoms with van der Waals surface area (Å²) in [7, 11) is 0. The summed E-state index contributed by atoms with van der Waals surface area (Å²) in [6, 6.07) is 9.71. The molecule has 1 saturated carbocycles. The van der Waals surface area contributed by atoms with Crippen LogP contribution >= 0.6 is 0 Å². The van der Waals surface area contributed by atoms with Crippen molar-refractivity contribution in [1.82, 2.24) is 5.32 Å². The second kappa shape index (κ2) is 3.10. The monoisotopic (exact) mass is 215 g/mol. The van der Waals surface area contributed by atoms with Gasteiger partial charge in [0.05, 0.1) is 0 Å². The molecule has 0 heterocycles. The molecule has 2 atom stereocenters. The fourth-order valence-electron chi connectivity index (χ4n) is 3.31. The molecule has 0 saturated heterocycles. The highest BCUT2D eigenvalue weighted by atomic mass is 15.1. The minimum atomic E-state index is 0.242. The Bertz CT molecular complexity index is 416. The molecule has 2 aliphatic carbocycles. The molecule has 1 fully saturated rings. The van der Waals surface area contributed by atoms with Crippen molar-refractivity contribution in [2.75, 3.05) is 0 Å². The molecule has 1 aromatic rings. The van der Waals surface area contributed by atoms with Gasteiger partial charge in [-0.1, -0.05) is 24.3 Å². The lowest BCUT2D eigenvalue weighted by Gasteiger charge is -2.23. The van der Waals surface area contributed by atoms with Crippen LogP contribution in [0.5, 0.6) is 0 Å². The zero-order chi connectivity index (χ0) is 11.4. The third-order valence-corrected chi connectivity index (χ3v) is 4.08. The largest absolute Gasteiger partial charge is 0.308 e. The van der Waals surface area contributed by atoms with Gasteiger partial charge in [-0.05, 0) is 51.2 Å². The molecule has 0 bridgehead atoms. The topological polar surface area (TPSA) is 12.0 Å². The van der Waals surface area contributed by atoms with Crippen molar-refractivity contribution in [2.45, 2.75) is 57.0 Å². The maximum absolute atomic E-state index is 3.77. The smallest absolute Gasteiger partial charge is 0.0179 e. The number of aryl methyl sites for hydroxylation is 1. The summed E-state index contributed by atoms with van der Waals surface area (Å²) in [6.07, 6.45) is 3.96. The Morgan fingerprint density at radius 2 is 2.00 bits per heavy atom. The van der Waals surface area contributed by atoms with Gasteiger partial charge in [-0.3, -0.25) is 0 Å². The van der Waals surface area contributed by atoms with Gasteiger partial charge in [-0.2, -0.15) is 0 Å². The van der Waals surface area contributed by atoms with E-state index in [2.05, 4.69) is 50.4 Å². The van der Waals surface area contributed by atoms with Crippen molar-refractivity contribution in [2.24, 2.45) is 0 Å². The van der Waals surface area contributed by atoms with Crippen LogP contribution in [0.2, 0.25) is 0 Å². The predicted molar refractivity (Wildman–Crippen MR) is 67.7 cm³/mol. The fourth-order valence-corrected chi connectivity index (χ4v) is 3.31. The predicted octanol–water partition coefficient (Wildman–Crippen LogP) is 3.03. The molecular weight excluding hydrogens is 194 g/mol. The number of rotatable bonds is 1. The number of hydrogen-bond donors (Lipinski definition) is 1. The Hall–Kier alpha value is -0.820. The minimum Gasteiger partial charge on any atom is -0.308 e. The van der Waals surface area contributed by atoms with E-state index < -0.39 is 0 Å². The van der Waals surface area contributed by atoms with Gasteiger partial charge in [-0.25, -0.2) is 0 Å². The highest BCUT2D eigenvalue weighted by Gasteiger charge is 2.58. The first-order chi connectivity index (χ1) is 7.51. The lowest BCUT2D eigenvalue weighted by molar-refractivity contribution is 0.399. The quantitative estimate of drug-likeness (QED) is 0.759. The summed E-state index contributed by atoms with van der Waals surface area (Å²) < 4.78 is 0. The number of benzene rings is 1. The maximum atomic E-state index is 3.77. The average Bonchev–Trinajstić information content (AvgIpc) is 2.72. The third-order valence-electron chi connectivity index (χ3n) is 4.08. The summed E-state index contributed by atoms with van der Waals surface area (Å²) in [5.41, 5.74) is 3.94. The third kappa shape index (κ3) is 1.49. The van der Waals surface area contributed by atoms with Crippen LogP contribution in [0.1, 0.15) is 44.7 Å². The van der Waals surface area contributed by atoms with Crippen LogP contribution in [-0.4, -0.2) is 11.6 Å². The SMILES string of the molecule is CC(C)(C)NC1CC12CCc1ccccc12. The molecule has 0 aliphatic heterocycles. The molecule has 1 heteroatoms. The molecule has 1 N–H and O–H groups in total. The number of hydrogen-bond acceptors (Lipinski definition) is 1. The fraction of sp³-hybridized carbons (Fsp3) is 0.600. The van der Waals surface area contributed by atoms with Crippen LogP contribution in [0, 0.1) is 0 Å². The summed E-state index contributed by atoms with van der Waals surface area (Å²) >= 11 is 0. The van der Waals surface area contributed by atoms with E-state index in [-0.39, 0.29) is 5.54 Å². The normalized spacial score (nSPS) is 31.8. The second-order valence-electron chi connectivity index (χ2n) is 6.46. The molecule has 16 heavy (non-hydrogen) atoms. The van der Waals surface area contributed by atoms with E-state index in [0.717, 1.165) is 0 Å². The van der Waals surface area contributed by atoms with Crippen molar-refractivity contribution < 1.29 is 0 Å². The molecule has 2 aliphatic rings. The average molecular weight is 215 g/mol. The van der Waals surface area contributed by atoms with Crippen LogP contribution in [-0.2, 0) is 11.8 Å². The molecule has 0 radical (unpaired) electrons. The zero-order valence-corrected chi connectivity index (χ0v) is 10.5. The van der Waals surface area contributed by atoms with Crippen LogP contribution in [0.25, 0.3) is 0 Å². The summed E-state index contributed by atoms with van der Waals surface area (Å²) in [6.45, 7) is 6.79. The van der Waals surface area contributed by atoms with E-state index in [9.17, 15) is 0 Å². The first kappa shape index (κ1) is 10.3. The van der Waals surface area contributed by atoms with Crippen LogP contribution in [0.4, 0.5) is 0 Å². The van der Waals surface area contributed by atoms with Crippen molar-refractivity contribution in [3.8, 4) is 0 Å². The van der Waals surface area contributed by atoms with Crippen LogP contribution < -0.4 is 5.32 Å².